The highest BCUT2D eigenvalue weighted by Gasteiger charge is 2.08. The van der Waals surface area contributed by atoms with E-state index in [1.165, 1.54) is 0 Å². The van der Waals surface area contributed by atoms with Gasteiger partial charge in [-0.05, 0) is 42.5 Å². The number of nitrogens with zero attached hydrogens (tertiary/aromatic N) is 1. The van der Waals surface area contributed by atoms with Crippen LogP contribution in [0.4, 0.5) is 5.69 Å². The van der Waals surface area contributed by atoms with Crippen molar-refractivity contribution in [3.8, 4) is 17.0 Å². The van der Waals surface area contributed by atoms with Crippen molar-refractivity contribution in [1.29, 1.82) is 0 Å². The van der Waals surface area contributed by atoms with Crippen LogP contribution in [0.2, 0.25) is 0 Å². The highest BCUT2D eigenvalue weighted by Crippen LogP contribution is 2.28. The van der Waals surface area contributed by atoms with Crippen LogP contribution in [-0.2, 0) is 4.74 Å². The summed E-state index contributed by atoms with van der Waals surface area (Å²) < 4.78 is 10.5. The van der Waals surface area contributed by atoms with E-state index in [4.69, 9.17) is 15.2 Å². The van der Waals surface area contributed by atoms with Crippen molar-refractivity contribution in [3.63, 3.8) is 0 Å². The van der Waals surface area contributed by atoms with Gasteiger partial charge in [-0.15, -0.1) is 0 Å². The number of aromatic nitrogens is 2. The molecule has 3 rings (SSSR count). The molecule has 0 saturated carbocycles. The number of aromatic amines is 1. The molecule has 0 amide bonds. The summed E-state index contributed by atoms with van der Waals surface area (Å²) in [5, 5.41) is 8.40. The van der Waals surface area contributed by atoms with Crippen LogP contribution in [0.15, 0.2) is 42.5 Å². The maximum Gasteiger partial charge on any atom is 0.119 e. The van der Waals surface area contributed by atoms with E-state index in [9.17, 15) is 0 Å². The Kier molecular flexibility index (Phi) is 3.75. The van der Waals surface area contributed by atoms with Crippen LogP contribution in [-0.4, -0.2) is 30.5 Å². The molecule has 0 aliphatic carbocycles. The van der Waals surface area contributed by atoms with Crippen LogP contribution in [0.3, 0.4) is 0 Å². The predicted molar refractivity (Wildman–Crippen MR) is 83.3 cm³/mol. The first-order chi connectivity index (χ1) is 10.3. The number of nitrogens with two attached hydrogens (primary N) is 1. The minimum atomic E-state index is 0.539. The fraction of sp³-hybridized carbons (Fsp3) is 0.188. The molecule has 0 saturated heterocycles. The van der Waals surface area contributed by atoms with Gasteiger partial charge in [-0.1, -0.05) is 0 Å². The summed E-state index contributed by atoms with van der Waals surface area (Å²) >= 11 is 0. The lowest BCUT2D eigenvalue weighted by Gasteiger charge is -2.06. The Balaban J connectivity index is 1.87. The molecule has 5 nitrogen and oxygen atoms in total. The molecule has 0 fully saturated rings. The quantitative estimate of drug-likeness (QED) is 0.558. The second-order valence-electron chi connectivity index (χ2n) is 4.74. The molecule has 0 atom stereocenters. The average Bonchev–Trinajstić information content (AvgIpc) is 2.91. The van der Waals surface area contributed by atoms with Crippen molar-refractivity contribution in [3.05, 3.63) is 42.5 Å². The van der Waals surface area contributed by atoms with Gasteiger partial charge < -0.3 is 15.2 Å². The summed E-state index contributed by atoms with van der Waals surface area (Å²) in [4.78, 5) is 0. The summed E-state index contributed by atoms with van der Waals surface area (Å²) in [6, 6.07) is 13.6. The second-order valence-corrected chi connectivity index (χ2v) is 4.74. The summed E-state index contributed by atoms with van der Waals surface area (Å²) in [7, 11) is 1.65. The van der Waals surface area contributed by atoms with Crippen molar-refractivity contribution in [2.45, 2.75) is 0 Å². The first-order valence-electron chi connectivity index (χ1n) is 6.74. The normalized spacial score (nSPS) is 10.9. The molecule has 1 heterocycles. The molecule has 3 aromatic rings. The molecule has 0 unspecified atom stereocenters. The van der Waals surface area contributed by atoms with Gasteiger partial charge in [-0.3, -0.25) is 5.10 Å². The largest absolute Gasteiger partial charge is 0.491 e. The Bertz CT molecular complexity index is 735. The third-order valence-corrected chi connectivity index (χ3v) is 3.27. The molecule has 0 spiro atoms. The van der Waals surface area contributed by atoms with Gasteiger partial charge in [0.2, 0.25) is 0 Å². The van der Waals surface area contributed by atoms with E-state index < -0.39 is 0 Å². The van der Waals surface area contributed by atoms with E-state index in [1.54, 1.807) is 7.11 Å². The maximum atomic E-state index is 5.85. The molecule has 0 aliphatic rings. The van der Waals surface area contributed by atoms with Crippen molar-refractivity contribution < 1.29 is 9.47 Å². The number of methoxy groups -OCH3 is 1. The number of H-pyrrole nitrogens is 1. The van der Waals surface area contributed by atoms with E-state index in [0.717, 1.165) is 33.6 Å². The molecule has 3 N–H and O–H groups in total. The Morgan fingerprint density at radius 2 is 1.90 bits per heavy atom. The van der Waals surface area contributed by atoms with Crippen molar-refractivity contribution >= 4 is 16.6 Å². The number of hydrogen-bond acceptors (Lipinski definition) is 4. The van der Waals surface area contributed by atoms with Crippen molar-refractivity contribution in [2.75, 3.05) is 26.1 Å². The van der Waals surface area contributed by atoms with Gasteiger partial charge in [-0.2, -0.15) is 5.10 Å². The Labute approximate surface area is 122 Å². The molecule has 0 aliphatic heterocycles. The molecule has 21 heavy (non-hydrogen) atoms. The highest BCUT2D eigenvalue weighted by molar-refractivity contribution is 5.94. The minimum absolute atomic E-state index is 0.539. The van der Waals surface area contributed by atoms with Crippen molar-refractivity contribution in [1.82, 2.24) is 10.2 Å². The van der Waals surface area contributed by atoms with E-state index in [1.807, 2.05) is 42.5 Å². The third-order valence-electron chi connectivity index (χ3n) is 3.27. The smallest absolute Gasteiger partial charge is 0.119 e. The van der Waals surface area contributed by atoms with E-state index in [2.05, 4.69) is 10.2 Å². The van der Waals surface area contributed by atoms with Crippen LogP contribution in [0.5, 0.6) is 5.75 Å². The number of nitrogens with one attached hydrogen (secondary N) is 1. The van der Waals surface area contributed by atoms with Gasteiger partial charge in [0.15, 0.2) is 0 Å². The van der Waals surface area contributed by atoms with E-state index in [0.29, 0.717) is 13.2 Å². The number of nitrogen functional groups attached to an aromatic ring is 1. The average molecular weight is 283 g/mol. The number of fused-ring (bicyclic) bond motifs is 1. The number of hydrogen-bond donors (Lipinski definition) is 2. The number of anilines is 1. The third kappa shape index (κ3) is 2.83. The summed E-state index contributed by atoms with van der Waals surface area (Å²) in [5.74, 6) is 0.815. The summed E-state index contributed by atoms with van der Waals surface area (Å²) in [5.41, 5.74) is 9.46. The van der Waals surface area contributed by atoms with Crippen LogP contribution in [0, 0.1) is 0 Å². The molecule has 0 bridgehead atoms. The van der Waals surface area contributed by atoms with Gasteiger partial charge >= 0.3 is 0 Å². The molecule has 2 aromatic carbocycles. The summed E-state index contributed by atoms with van der Waals surface area (Å²) in [6.07, 6.45) is 0. The monoisotopic (exact) mass is 283 g/mol. The zero-order valence-corrected chi connectivity index (χ0v) is 11.8. The first kappa shape index (κ1) is 13.5. The fourth-order valence-corrected chi connectivity index (χ4v) is 2.20. The van der Waals surface area contributed by atoms with Gasteiger partial charge in [0.25, 0.3) is 0 Å². The highest BCUT2D eigenvalue weighted by atomic mass is 16.5. The molecule has 108 valence electrons. The zero-order valence-electron chi connectivity index (χ0n) is 11.8. The summed E-state index contributed by atoms with van der Waals surface area (Å²) in [6.45, 7) is 1.11. The number of ether oxygens (including phenoxy) is 2. The second kappa shape index (κ2) is 5.85. The first-order valence-corrected chi connectivity index (χ1v) is 6.74. The lowest BCUT2D eigenvalue weighted by Crippen LogP contribution is -2.03. The Morgan fingerprint density at radius 1 is 1.10 bits per heavy atom. The van der Waals surface area contributed by atoms with Crippen LogP contribution in [0.25, 0.3) is 22.2 Å². The zero-order chi connectivity index (χ0) is 14.7. The van der Waals surface area contributed by atoms with E-state index >= 15 is 0 Å². The molecular formula is C16H17N3O2. The van der Waals surface area contributed by atoms with Crippen LogP contribution >= 0.6 is 0 Å². The topological polar surface area (TPSA) is 73.2 Å². The standard InChI is InChI=1S/C16H17N3O2/c1-20-8-9-21-13-5-2-11(3-6-13)16-14-10-12(17)4-7-15(14)18-19-16/h2-7,10H,8-9,17H2,1H3,(H,18,19). The molecule has 1 aromatic heterocycles. The minimum Gasteiger partial charge on any atom is -0.491 e. The number of rotatable bonds is 5. The molecule has 5 heteroatoms. The van der Waals surface area contributed by atoms with Crippen LogP contribution in [0.1, 0.15) is 0 Å². The lowest BCUT2D eigenvalue weighted by atomic mass is 10.1. The predicted octanol–water partition coefficient (Wildman–Crippen LogP) is 2.84. The lowest BCUT2D eigenvalue weighted by molar-refractivity contribution is 0.146. The van der Waals surface area contributed by atoms with Crippen molar-refractivity contribution in [2.24, 2.45) is 0 Å². The SMILES string of the molecule is COCCOc1ccc(-c2n[nH]c3ccc(N)cc23)cc1. The Hall–Kier alpha value is -2.53. The number of benzene rings is 2. The fourth-order valence-electron chi connectivity index (χ4n) is 2.20. The Morgan fingerprint density at radius 3 is 2.67 bits per heavy atom. The van der Waals surface area contributed by atoms with Gasteiger partial charge in [0.1, 0.15) is 12.4 Å². The van der Waals surface area contributed by atoms with E-state index in [-0.39, 0.29) is 0 Å². The molecular weight excluding hydrogens is 266 g/mol. The maximum absolute atomic E-state index is 5.85. The van der Waals surface area contributed by atoms with Gasteiger partial charge in [0, 0.05) is 23.7 Å². The molecule has 0 radical (unpaired) electrons. The van der Waals surface area contributed by atoms with Gasteiger partial charge in [-0.25, -0.2) is 0 Å². The van der Waals surface area contributed by atoms with Gasteiger partial charge in [0.05, 0.1) is 17.8 Å². The van der Waals surface area contributed by atoms with Crippen LogP contribution < -0.4 is 10.5 Å².